The van der Waals surface area contributed by atoms with Gasteiger partial charge in [-0.05, 0) is 37.6 Å². The Hall–Kier alpha value is -2.88. The average Bonchev–Trinajstić information content (AvgIpc) is 2.61. The van der Waals surface area contributed by atoms with Gasteiger partial charge < -0.3 is 10.1 Å². The van der Waals surface area contributed by atoms with E-state index in [4.69, 9.17) is 4.74 Å². The molecule has 1 N–H and O–H groups in total. The number of amides is 1. The minimum absolute atomic E-state index is 0.0651. The molecule has 122 valence electrons. The standard InChI is InChI=1S/C20H20N2O2/c1-13(15-7-5-4-6-8-15)22-20(23)18-11-16-9-10-17(24-3)12-19(16)21-14(18)2/h4-13H,1-3H3,(H,22,23)/t13-/m0/s1. The molecule has 1 atom stereocenters. The number of nitrogens with one attached hydrogen (secondary N) is 1. The fourth-order valence-corrected chi connectivity index (χ4v) is 2.70. The number of carbonyl (C=O) groups excluding carboxylic acids is 1. The molecule has 0 unspecified atom stereocenters. The molecule has 0 fully saturated rings. The second-order valence-electron chi connectivity index (χ2n) is 5.79. The normalized spacial score (nSPS) is 12.0. The van der Waals surface area contributed by atoms with Crippen LogP contribution >= 0.6 is 0 Å². The molecule has 0 radical (unpaired) electrons. The quantitative estimate of drug-likeness (QED) is 0.789. The molecule has 4 nitrogen and oxygen atoms in total. The lowest BCUT2D eigenvalue weighted by Gasteiger charge is -2.15. The van der Waals surface area contributed by atoms with Crippen LogP contribution in [0, 0.1) is 6.92 Å². The monoisotopic (exact) mass is 320 g/mol. The summed E-state index contributed by atoms with van der Waals surface area (Å²) in [5.41, 5.74) is 3.19. The smallest absolute Gasteiger partial charge is 0.253 e. The van der Waals surface area contributed by atoms with Crippen LogP contribution in [0.25, 0.3) is 10.9 Å². The summed E-state index contributed by atoms with van der Waals surface area (Å²) in [5.74, 6) is 0.637. The Morgan fingerprint density at radius 2 is 1.88 bits per heavy atom. The van der Waals surface area contributed by atoms with E-state index in [1.54, 1.807) is 7.11 Å². The number of carbonyl (C=O) groups is 1. The molecule has 24 heavy (non-hydrogen) atoms. The summed E-state index contributed by atoms with van der Waals surface area (Å²) >= 11 is 0. The number of aryl methyl sites for hydroxylation is 1. The van der Waals surface area contributed by atoms with Crippen molar-refractivity contribution in [2.24, 2.45) is 0 Å². The molecule has 0 aliphatic heterocycles. The number of nitrogens with zero attached hydrogens (tertiary/aromatic N) is 1. The highest BCUT2D eigenvalue weighted by Gasteiger charge is 2.15. The number of hydrogen-bond acceptors (Lipinski definition) is 3. The third-order valence-electron chi connectivity index (χ3n) is 4.11. The van der Waals surface area contributed by atoms with Crippen molar-refractivity contribution in [3.63, 3.8) is 0 Å². The molecule has 1 aromatic heterocycles. The lowest BCUT2D eigenvalue weighted by molar-refractivity contribution is 0.0939. The van der Waals surface area contributed by atoms with Crippen molar-refractivity contribution in [3.8, 4) is 5.75 Å². The lowest BCUT2D eigenvalue weighted by Crippen LogP contribution is -2.27. The Balaban J connectivity index is 1.88. The fraction of sp³-hybridized carbons (Fsp3) is 0.200. The van der Waals surface area contributed by atoms with Crippen molar-refractivity contribution in [3.05, 3.63) is 71.4 Å². The third kappa shape index (κ3) is 3.23. The molecule has 0 saturated heterocycles. The van der Waals surface area contributed by atoms with Gasteiger partial charge in [-0.2, -0.15) is 0 Å². The summed E-state index contributed by atoms with van der Waals surface area (Å²) in [7, 11) is 1.63. The van der Waals surface area contributed by atoms with E-state index in [1.165, 1.54) is 0 Å². The van der Waals surface area contributed by atoms with Gasteiger partial charge in [0.2, 0.25) is 0 Å². The maximum absolute atomic E-state index is 12.6. The summed E-state index contributed by atoms with van der Waals surface area (Å²) in [6, 6.07) is 17.4. The maximum atomic E-state index is 12.6. The molecular weight excluding hydrogens is 300 g/mol. The third-order valence-corrected chi connectivity index (χ3v) is 4.11. The van der Waals surface area contributed by atoms with E-state index in [-0.39, 0.29) is 11.9 Å². The molecule has 0 bridgehead atoms. The number of pyridine rings is 1. The van der Waals surface area contributed by atoms with Gasteiger partial charge in [0.15, 0.2) is 0 Å². The van der Waals surface area contributed by atoms with Crippen molar-refractivity contribution in [2.45, 2.75) is 19.9 Å². The van der Waals surface area contributed by atoms with Gasteiger partial charge in [0.1, 0.15) is 5.75 Å². The van der Waals surface area contributed by atoms with Gasteiger partial charge in [-0.3, -0.25) is 9.78 Å². The SMILES string of the molecule is COc1ccc2cc(C(=O)N[C@@H](C)c3ccccc3)c(C)nc2c1. The van der Waals surface area contributed by atoms with Crippen molar-refractivity contribution in [2.75, 3.05) is 7.11 Å². The van der Waals surface area contributed by atoms with E-state index >= 15 is 0 Å². The molecule has 0 aliphatic rings. The average molecular weight is 320 g/mol. The van der Waals surface area contributed by atoms with Gasteiger partial charge in [0, 0.05) is 11.5 Å². The van der Waals surface area contributed by atoms with Crippen LogP contribution in [0.4, 0.5) is 0 Å². The van der Waals surface area contributed by atoms with Crippen LogP contribution in [0.3, 0.4) is 0 Å². The first-order valence-corrected chi connectivity index (χ1v) is 7.89. The van der Waals surface area contributed by atoms with Crippen molar-refractivity contribution in [1.82, 2.24) is 10.3 Å². The number of hydrogen-bond donors (Lipinski definition) is 1. The first-order chi connectivity index (χ1) is 11.6. The van der Waals surface area contributed by atoms with Crippen LogP contribution in [0.2, 0.25) is 0 Å². The number of fused-ring (bicyclic) bond motifs is 1. The van der Waals surface area contributed by atoms with Crippen LogP contribution in [0.1, 0.15) is 34.6 Å². The van der Waals surface area contributed by atoms with E-state index < -0.39 is 0 Å². The molecule has 0 saturated carbocycles. The molecule has 1 amide bonds. The Morgan fingerprint density at radius 1 is 1.12 bits per heavy atom. The molecule has 3 rings (SSSR count). The van der Waals surface area contributed by atoms with Crippen molar-refractivity contribution < 1.29 is 9.53 Å². The Morgan fingerprint density at radius 3 is 2.58 bits per heavy atom. The summed E-state index contributed by atoms with van der Waals surface area (Å²) in [6.07, 6.45) is 0. The molecular formula is C20H20N2O2. The molecule has 0 spiro atoms. The fourth-order valence-electron chi connectivity index (χ4n) is 2.70. The van der Waals surface area contributed by atoms with E-state index in [0.29, 0.717) is 11.3 Å². The molecule has 3 aromatic rings. The predicted molar refractivity (Wildman–Crippen MR) is 95.4 cm³/mol. The Kier molecular flexibility index (Phi) is 4.47. The van der Waals surface area contributed by atoms with E-state index in [9.17, 15) is 4.79 Å². The highest BCUT2D eigenvalue weighted by Crippen LogP contribution is 2.22. The highest BCUT2D eigenvalue weighted by atomic mass is 16.5. The number of methoxy groups -OCH3 is 1. The summed E-state index contributed by atoms with van der Waals surface area (Å²) in [5, 5.41) is 3.95. The van der Waals surface area contributed by atoms with Gasteiger partial charge in [-0.15, -0.1) is 0 Å². The molecule has 0 aliphatic carbocycles. The second kappa shape index (κ2) is 6.71. The number of benzene rings is 2. The maximum Gasteiger partial charge on any atom is 0.253 e. The van der Waals surface area contributed by atoms with Gasteiger partial charge in [-0.25, -0.2) is 0 Å². The molecule has 1 heterocycles. The topological polar surface area (TPSA) is 51.2 Å². The summed E-state index contributed by atoms with van der Waals surface area (Å²) in [6.45, 7) is 3.82. The van der Waals surface area contributed by atoms with Crippen molar-refractivity contribution >= 4 is 16.8 Å². The first kappa shape index (κ1) is 16.0. The zero-order valence-corrected chi connectivity index (χ0v) is 14.0. The highest BCUT2D eigenvalue weighted by molar-refractivity contribution is 5.99. The van der Waals surface area contributed by atoms with Crippen LogP contribution in [-0.2, 0) is 0 Å². The van der Waals surface area contributed by atoms with E-state index in [2.05, 4.69) is 10.3 Å². The lowest BCUT2D eigenvalue weighted by atomic mass is 10.1. The number of rotatable bonds is 4. The van der Waals surface area contributed by atoms with Gasteiger partial charge >= 0.3 is 0 Å². The van der Waals surface area contributed by atoms with Crippen molar-refractivity contribution in [1.29, 1.82) is 0 Å². The van der Waals surface area contributed by atoms with Crippen LogP contribution in [0.5, 0.6) is 5.75 Å². The van der Waals surface area contributed by atoms with Gasteiger partial charge in [-0.1, -0.05) is 30.3 Å². The van der Waals surface area contributed by atoms with E-state index in [1.807, 2.05) is 68.4 Å². The Labute approximate surface area is 141 Å². The minimum atomic E-state index is -0.117. The zero-order chi connectivity index (χ0) is 17.1. The molecule has 2 aromatic carbocycles. The number of ether oxygens (including phenoxy) is 1. The number of aromatic nitrogens is 1. The first-order valence-electron chi connectivity index (χ1n) is 7.89. The van der Waals surface area contributed by atoms with E-state index in [0.717, 1.165) is 22.2 Å². The second-order valence-corrected chi connectivity index (χ2v) is 5.79. The predicted octanol–water partition coefficient (Wildman–Crippen LogP) is 4.04. The van der Waals surface area contributed by atoms with Crippen LogP contribution < -0.4 is 10.1 Å². The largest absolute Gasteiger partial charge is 0.497 e. The minimum Gasteiger partial charge on any atom is -0.497 e. The zero-order valence-electron chi connectivity index (χ0n) is 14.0. The Bertz CT molecular complexity index is 875. The van der Waals surface area contributed by atoms with Gasteiger partial charge in [0.05, 0.1) is 29.9 Å². The molecule has 4 heteroatoms. The summed E-state index contributed by atoms with van der Waals surface area (Å²) in [4.78, 5) is 17.2. The van der Waals surface area contributed by atoms with Gasteiger partial charge in [0.25, 0.3) is 5.91 Å². The summed E-state index contributed by atoms with van der Waals surface area (Å²) < 4.78 is 5.22. The van der Waals surface area contributed by atoms with Crippen LogP contribution in [-0.4, -0.2) is 18.0 Å². The van der Waals surface area contributed by atoms with Crippen LogP contribution in [0.15, 0.2) is 54.6 Å².